The molecule has 0 saturated heterocycles. The van der Waals surface area contributed by atoms with E-state index in [0.717, 1.165) is 23.1 Å². The van der Waals surface area contributed by atoms with Crippen molar-refractivity contribution in [3.63, 3.8) is 0 Å². The quantitative estimate of drug-likeness (QED) is 0.780. The summed E-state index contributed by atoms with van der Waals surface area (Å²) < 4.78 is 7.40. The lowest BCUT2D eigenvalue weighted by Gasteiger charge is -2.11. The summed E-state index contributed by atoms with van der Waals surface area (Å²) in [5.41, 5.74) is 1.76. The van der Waals surface area contributed by atoms with Gasteiger partial charge in [-0.2, -0.15) is 0 Å². The normalized spacial score (nSPS) is 13.8. The standard InChI is InChI=1S/C17H22N4O2S/c1-4-21-16(12-6-7-12)19-20-17(21)24-10-15(22)18-13-9-11(2)5-8-14(13)23-3/h5,8-9,12H,4,6-7,10H2,1-3H3,(H,18,22). The molecule has 6 nitrogen and oxygen atoms in total. The average Bonchev–Trinajstić information content (AvgIpc) is 3.33. The second-order valence-corrected chi connectivity index (χ2v) is 6.84. The van der Waals surface area contributed by atoms with E-state index < -0.39 is 0 Å². The highest BCUT2D eigenvalue weighted by atomic mass is 32.2. The van der Waals surface area contributed by atoms with Crippen LogP contribution >= 0.6 is 11.8 Å². The van der Waals surface area contributed by atoms with Gasteiger partial charge in [0.25, 0.3) is 0 Å². The first-order chi connectivity index (χ1) is 11.6. The molecule has 1 aliphatic rings. The van der Waals surface area contributed by atoms with Gasteiger partial charge in [0.15, 0.2) is 5.16 Å². The third-order valence-electron chi connectivity index (χ3n) is 3.97. The van der Waals surface area contributed by atoms with Crippen molar-refractivity contribution in [1.29, 1.82) is 0 Å². The van der Waals surface area contributed by atoms with Crippen LogP contribution in [0.25, 0.3) is 0 Å². The molecule has 1 aromatic heterocycles. The summed E-state index contributed by atoms with van der Waals surface area (Å²) in [7, 11) is 1.60. The Labute approximate surface area is 146 Å². The van der Waals surface area contributed by atoms with Gasteiger partial charge in [0.1, 0.15) is 11.6 Å². The van der Waals surface area contributed by atoms with Gasteiger partial charge in [0.05, 0.1) is 18.6 Å². The minimum absolute atomic E-state index is 0.0810. The van der Waals surface area contributed by atoms with Crippen LogP contribution in [0.3, 0.4) is 0 Å². The third-order valence-corrected chi connectivity index (χ3v) is 4.93. The predicted octanol–water partition coefficient (Wildman–Crippen LogP) is 3.22. The van der Waals surface area contributed by atoms with Crippen molar-refractivity contribution in [3.05, 3.63) is 29.6 Å². The van der Waals surface area contributed by atoms with Gasteiger partial charge in [0, 0.05) is 12.5 Å². The molecule has 0 aliphatic heterocycles. The summed E-state index contributed by atoms with van der Waals surface area (Å²) >= 11 is 1.42. The van der Waals surface area contributed by atoms with Crippen molar-refractivity contribution in [2.24, 2.45) is 0 Å². The number of hydrogen-bond acceptors (Lipinski definition) is 5. The van der Waals surface area contributed by atoms with Crippen molar-refractivity contribution >= 4 is 23.4 Å². The Balaban J connectivity index is 1.63. The highest BCUT2D eigenvalue weighted by Crippen LogP contribution is 2.40. The minimum atomic E-state index is -0.0810. The predicted molar refractivity (Wildman–Crippen MR) is 94.8 cm³/mol. The van der Waals surface area contributed by atoms with Gasteiger partial charge in [-0.25, -0.2) is 0 Å². The molecular formula is C17H22N4O2S. The van der Waals surface area contributed by atoms with Gasteiger partial charge in [-0.15, -0.1) is 10.2 Å². The number of aromatic nitrogens is 3. The first kappa shape index (κ1) is 16.8. The van der Waals surface area contributed by atoms with Crippen LogP contribution in [0.2, 0.25) is 0 Å². The maximum absolute atomic E-state index is 12.3. The number of nitrogens with one attached hydrogen (secondary N) is 1. The van der Waals surface area contributed by atoms with Gasteiger partial charge in [-0.3, -0.25) is 4.79 Å². The molecule has 2 aromatic rings. The third kappa shape index (κ3) is 3.72. The van der Waals surface area contributed by atoms with E-state index in [9.17, 15) is 4.79 Å². The van der Waals surface area contributed by atoms with Crippen LogP contribution in [0.5, 0.6) is 5.75 Å². The summed E-state index contributed by atoms with van der Waals surface area (Å²) in [6.45, 7) is 4.89. The maximum atomic E-state index is 12.3. The number of hydrogen-bond donors (Lipinski definition) is 1. The number of carbonyl (C=O) groups excluding carboxylic acids is 1. The van der Waals surface area contributed by atoms with E-state index in [-0.39, 0.29) is 5.91 Å². The van der Waals surface area contributed by atoms with Gasteiger partial charge in [0.2, 0.25) is 5.91 Å². The molecule has 1 N–H and O–H groups in total. The molecule has 0 atom stereocenters. The lowest BCUT2D eigenvalue weighted by Crippen LogP contribution is -2.15. The molecule has 0 unspecified atom stereocenters. The highest BCUT2D eigenvalue weighted by Gasteiger charge is 2.30. The zero-order chi connectivity index (χ0) is 17.1. The number of amides is 1. The molecule has 1 fully saturated rings. The molecule has 0 spiro atoms. The minimum Gasteiger partial charge on any atom is -0.495 e. The summed E-state index contributed by atoms with van der Waals surface area (Å²) in [5.74, 6) is 2.48. The first-order valence-electron chi connectivity index (χ1n) is 8.12. The van der Waals surface area contributed by atoms with Crippen LogP contribution in [-0.2, 0) is 11.3 Å². The molecular weight excluding hydrogens is 324 g/mol. The number of benzene rings is 1. The number of rotatable bonds is 7. The Morgan fingerprint density at radius 3 is 2.88 bits per heavy atom. The average molecular weight is 346 g/mol. The van der Waals surface area contributed by atoms with Crippen LogP contribution in [0.1, 0.15) is 37.1 Å². The summed E-state index contributed by atoms with van der Waals surface area (Å²) in [6, 6.07) is 5.71. The van der Waals surface area contributed by atoms with E-state index in [1.54, 1.807) is 7.11 Å². The lowest BCUT2D eigenvalue weighted by atomic mass is 10.2. The number of anilines is 1. The van der Waals surface area contributed by atoms with Crippen molar-refractivity contribution in [2.75, 3.05) is 18.2 Å². The van der Waals surface area contributed by atoms with Crippen LogP contribution in [-0.4, -0.2) is 33.5 Å². The molecule has 0 bridgehead atoms. The van der Waals surface area contributed by atoms with Crippen LogP contribution < -0.4 is 10.1 Å². The smallest absolute Gasteiger partial charge is 0.234 e. The molecule has 24 heavy (non-hydrogen) atoms. The molecule has 1 aromatic carbocycles. The van der Waals surface area contributed by atoms with Crippen LogP contribution in [0.4, 0.5) is 5.69 Å². The fourth-order valence-corrected chi connectivity index (χ4v) is 3.39. The number of nitrogens with zero attached hydrogens (tertiary/aromatic N) is 3. The molecule has 1 saturated carbocycles. The number of thioether (sulfide) groups is 1. The van der Waals surface area contributed by atoms with Crippen LogP contribution in [0.15, 0.2) is 23.4 Å². The van der Waals surface area contributed by atoms with E-state index in [4.69, 9.17) is 4.74 Å². The number of ether oxygens (including phenoxy) is 1. The Morgan fingerprint density at radius 2 is 2.21 bits per heavy atom. The molecule has 0 radical (unpaired) electrons. The van der Waals surface area contributed by atoms with Crippen molar-refractivity contribution in [2.45, 2.75) is 44.3 Å². The highest BCUT2D eigenvalue weighted by molar-refractivity contribution is 7.99. The van der Waals surface area contributed by atoms with Gasteiger partial charge < -0.3 is 14.6 Å². The molecule has 1 heterocycles. The number of carbonyl (C=O) groups is 1. The van der Waals surface area contributed by atoms with Crippen molar-refractivity contribution < 1.29 is 9.53 Å². The molecule has 3 rings (SSSR count). The summed E-state index contributed by atoms with van der Waals surface area (Å²) in [5, 5.41) is 12.3. The Hall–Kier alpha value is -2.02. The summed E-state index contributed by atoms with van der Waals surface area (Å²) in [4.78, 5) is 12.3. The Bertz CT molecular complexity index is 740. The fourth-order valence-electron chi connectivity index (χ4n) is 2.58. The molecule has 128 valence electrons. The SMILES string of the molecule is CCn1c(SCC(=O)Nc2cc(C)ccc2OC)nnc1C1CC1. The van der Waals surface area contributed by atoms with Gasteiger partial charge >= 0.3 is 0 Å². The Kier molecular flexibility index (Phi) is 5.08. The zero-order valence-electron chi connectivity index (χ0n) is 14.2. The van der Waals surface area contributed by atoms with Gasteiger partial charge in [-0.1, -0.05) is 17.8 Å². The Morgan fingerprint density at radius 1 is 1.42 bits per heavy atom. The van der Waals surface area contributed by atoms with Crippen LogP contribution in [0, 0.1) is 6.92 Å². The van der Waals surface area contributed by atoms with E-state index in [1.165, 1.54) is 24.6 Å². The molecule has 1 amide bonds. The van der Waals surface area contributed by atoms with E-state index in [1.807, 2.05) is 25.1 Å². The topological polar surface area (TPSA) is 69.0 Å². The summed E-state index contributed by atoms with van der Waals surface area (Å²) in [6.07, 6.45) is 2.38. The molecule has 7 heteroatoms. The maximum Gasteiger partial charge on any atom is 0.234 e. The first-order valence-corrected chi connectivity index (χ1v) is 9.11. The zero-order valence-corrected chi connectivity index (χ0v) is 15.0. The largest absolute Gasteiger partial charge is 0.495 e. The van der Waals surface area contributed by atoms with Crippen molar-refractivity contribution in [3.8, 4) is 5.75 Å². The van der Waals surface area contributed by atoms with Crippen molar-refractivity contribution in [1.82, 2.24) is 14.8 Å². The second-order valence-electron chi connectivity index (χ2n) is 5.90. The molecule has 1 aliphatic carbocycles. The second kappa shape index (κ2) is 7.25. The number of methoxy groups -OCH3 is 1. The lowest BCUT2D eigenvalue weighted by molar-refractivity contribution is -0.113. The fraction of sp³-hybridized carbons (Fsp3) is 0.471. The monoisotopic (exact) mass is 346 g/mol. The van der Waals surface area contributed by atoms with E-state index in [0.29, 0.717) is 23.1 Å². The van der Waals surface area contributed by atoms with E-state index in [2.05, 4.69) is 27.0 Å². The van der Waals surface area contributed by atoms with E-state index >= 15 is 0 Å². The van der Waals surface area contributed by atoms with Gasteiger partial charge in [-0.05, 0) is 44.4 Å². The number of aryl methyl sites for hydroxylation is 1.